The number of anilines is 1. The highest BCUT2D eigenvalue weighted by molar-refractivity contribution is 9.10. The minimum atomic E-state index is -0.218. The first-order valence-electron chi connectivity index (χ1n) is 6.03. The fourth-order valence-corrected chi connectivity index (χ4v) is 2.72. The minimum Gasteiger partial charge on any atom is -0.328 e. The zero-order valence-electron chi connectivity index (χ0n) is 10.6. The summed E-state index contributed by atoms with van der Waals surface area (Å²) < 4.78 is 1.01. The lowest BCUT2D eigenvalue weighted by Gasteiger charge is -2.42. The van der Waals surface area contributed by atoms with E-state index in [9.17, 15) is 4.79 Å². The topological polar surface area (TPSA) is 49.6 Å². The monoisotopic (exact) mass is 311 g/mol. The fourth-order valence-electron chi connectivity index (χ4n) is 2.46. The molecule has 1 saturated heterocycles. The van der Waals surface area contributed by atoms with Gasteiger partial charge in [0.2, 0.25) is 5.91 Å². The third-order valence-corrected chi connectivity index (χ3v) is 3.90. The number of halogens is 1. The van der Waals surface area contributed by atoms with E-state index in [1.54, 1.807) is 0 Å². The van der Waals surface area contributed by atoms with Crippen LogP contribution in [0.3, 0.4) is 0 Å². The van der Waals surface area contributed by atoms with E-state index in [-0.39, 0.29) is 18.0 Å². The number of piperazine rings is 1. The Balaban J connectivity index is 2.30. The first-order valence-corrected chi connectivity index (χ1v) is 6.83. The zero-order chi connectivity index (χ0) is 13.3. The standard InChI is InChI=1S/C13H18BrN3O/c1-9-8-16(2)12(7-15)13(18)17(9)11-5-3-10(14)4-6-11/h3-6,9,12H,7-8,15H2,1-2H3. The smallest absolute Gasteiger partial charge is 0.245 e. The third-order valence-electron chi connectivity index (χ3n) is 3.38. The van der Waals surface area contributed by atoms with Gasteiger partial charge in [-0.1, -0.05) is 15.9 Å². The van der Waals surface area contributed by atoms with E-state index in [4.69, 9.17) is 5.73 Å². The Morgan fingerprint density at radius 2 is 2.00 bits per heavy atom. The molecule has 0 saturated carbocycles. The molecule has 1 amide bonds. The number of amides is 1. The quantitative estimate of drug-likeness (QED) is 0.899. The van der Waals surface area contributed by atoms with Gasteiger partial charge in [-0.2, -0.15) is 0 Å². The van der Waals surface area contributed by atoms with E-state index in [0.717, 1.165) is 16.7 Å². The minimum absolute atomic E-state index is 0.0843. The van der Waals surface area contributed by atoms with Crippen molar-refractivity contribution in [2.75, 3.05) is 25.0 Å². The van der Waals surface area contributed by atoms with E-state index < -0.39 is 0 Å². The largest absolute Gasteiger partial charge is 0.328 e. The van der Waals surface area contributed by atoms with Crippen LogP contribution in [0.25, 0.3) is 0 Å². The number of carbonyl (C=O) groups excluding carboxylic acids is 1. The molecule has 0 radical (unpaired) electrons. The number of nitrogens with zero attached hydrogens (tertiary/aromatic N) is 2. The number of nitrogens with two attached hydrogens (primary N) is 1. The van der Waals surface area contributed by atoms with E-state index in [1.807, 2.05) is 41.1 Å². The average molecular weight is 312 g/mol. The van der Waals surface area contributed by atoms with E-state index >= 15 is 0 Å². The van der Waals surface area contributed by atoms with Crippen molar-refractivity contribution in [3.8, 4) is 0 Å². The molecule has 1 heterocycles. The summed E-state index contributed by atoms with van der Waals surface area (Å²) in [6, 6.07) is 7.75. The van der Waals surface area contributed by atoms with Crippen LogP contribution >= 0.6 is 15.9 Å². The van der Waals surface area contributed by atoms with Gasteiger partial charge < -0.3 is 10.6 Å². The second kappa shape index (κ2) is 5.38. The maximum atomic E-state index is 12.5. The van der Waals surface area contributed by atoms with Gasteiger partial charge in [-0.3, -0.25) is 9.69 Å². The van der Waals surface area contributed by atoms with Gasteiger partial charge in [-0.25, -0.2) is 0 Å². The highest BCUT2D eigenvalue weighted by atomic mass is 79.9. The highest BCUT2D eigenvalue weighted by Gasteiger charge is 2.36. The van der Waals surface area contributed by atoms with Gasteiger partial charge in [0, 0.05) is 29.3 Å². The molecule has 1 fully saturated rings. The summed E-state index contributed by atoms with van der Waals surface area (Å²) in [6.07, 6.45) is 0. The SMILES string of the molecule is CC1CN(C)C(CN)C(=O)N1c1ccc(Br)cc1. The normalized spacial score (nSPS) is 25.6. The molecule has 2 N–H and O–H groups in total. The van der Waals surface area contributed by atoms with Gasteiger partial charge in [0.15, 0.2) is 0 Å². The molecule has 1 aliphatic rings. The van der Waals surface area contributed by atoms with Gasteiger partial charge >= 0.3 is 0 Å². The lowest BCUT2D eigenvalue weighted by atomic mass is 10.1. The van der Waals surface area contributed by atoms with Gasteiger partial charge in [0.1, 0.15) is 6.04 Å². The van der Waals surface area contributed by atoms with Crippen molar-refractivity contribution in [1.29, 1.82) is 0 Å². The van der Waals surface area contributed by atoms with Crippen molar-refractivity contribution < 1.29 is 4.79 Å². The van der Waals surface area contributed by atoms with Crippen molar-refractivity contribution in [3.05, 3.63) is 28.7 Å². The van der Waals surface area contributed by atoms with Crippen LogP contribution in [0.4, 0.5) is 5.69 Å². The molecule has 1 aromatic rings. The number of hydrogen-bond acceptors (Lipinski definition) is 3. The molecule has 1 aromatic carbocycles. The van der Waals surface area contributed by atoms with Crippen LogP contribution in [0, 0.1) is 0 Å². The fraction of sp³-hybridized carbons (Fsp3) is 0.462. The van der Waals surface area contributed by atoms with Crippen molar-refractivity contribution in [3.63, 3.8) is 0 Å². The predicted molar refractivity (Wildman–Crippen MR) is 76.6 cm³/mol. The third kappa shape index (κ3) is 2.43. The van der Waals surface area contributed by atoms with Crippen LogP contribution in [0.1, 0.15) is 6.92 Å². The van der Waals surface area contributed by atoms with Crippen molar-refractivity contribution >= 4 is 27.5 Å². The molecular weight excluding hydrogens is 294 g/mol. The van der Waals surface area contributed by atoms with Crippen LogP contribution < -0.4 is 10.6 Å². The number of benzene rings is 1. The summed E-state index contributed by atoms with van der Waals surface area (Å²) in [7, 11) is 1.95. The number of hydrogen-bond donors (Lipinski definition) is 1. The van der Waals surface area contributed by atoms with Crippen LogP contribution in [-0.4, -0.2) is 43.0 Å². The maximum Gasteiger partial charge on any atom is 0.245 e. The zero-order valence-corrected chi connectivity index (χ0v) is 12.2. The first kappa shape index (κ1) is 13.5. The van der Waals surface area contributed by atoms with Crippen LogP contribution in [0.5, 0.6) is 0 Å². The molecule has 4 nitrogen and oxygen atoms in total. The summed E-state index contributed by atoms with van der Waals surface area (Å²) in [6.45, 7) is 3.25. The van der Waals surface area contributed by atoms with Crippen molar-refractivity contribution in [1.82, 2.24) is 4.90 Å². The van der Waals surface area contributed by atoms with Crippen LogP contribution in [-0.2, 0) is 4.79 Å². The van der Waals surface area contributed by atoms with Crippen LogP contribution in [0.2, 0.25) is 0 Å². The van der Waals surface area contributed by atoms with Crippen molar-refractivity contribution in [2.24, 2.45) is 5.73 Å². The molecule has 98 valence electrons. The molecule has 2 rings (SSSR count). The number of likely N-dealkylation sites (N-methyl/N-ethyl adjacent to an activating group) is 1. The molecule has 1 aliphatic heterocycles. The second-order valence-electron chi connectivity index (χ2n) is 4.72. The Hall–Kier alpha value is -0.910. The molecule has 0 aliphatic carbocycles. The Kier molecular flexibility index (Phi) is 4.04. The Labute approximate surface area is 116 Å². The van der Waals surface area contributed by atoms with Gasteiger partial charge in [0.05, 0.1) is 0 Å². The first-order chi connectivity index (χ1) is 8.54. The molecule has 0 spiro atoms. The lowest BCUT2D eigenvalue weighted by molar-refractivity contribution is -0.125. The summed E-state index contributed by atoms with van der Waals surface area (Å²) >= 11 is 3.40. The molecule has 2 atom stereocenters. The summed E-state index contributed by atoms with van der Waals surface area (Å²) in [4.78, 5) is 16.3. The molecular formula is C13H18BrN3O. The maximum absolute atomic E-state index is 12.5. The van der Waals surface area contributed by atoms with Gasteiger partial charge in [0.25, 0.3) is 0 Å². The van der Waals surface area contributed by atoms with Gasteiger partial charge in [-0.15, -0.1) is 0 Å². The predicted octanol–water partition coefficient (Wildman–Crippen LogP) is 1.44. The Morgan fingerprint density at radius 3 is 2.56 bits per heavy atom. The van der Waals surface area contributed by atoms with E-state index in [1.165, 1.54) is 0 Å². The second-order valence-corrected chi connectivity index (χ2v) is 5.64. The molecule has 0 bridgehead atoms. The molecule has 0 aromatic heterocycles. The summed E-state index contributed by atoms with van der Waals surface area (Å²) in [5, 5.41) is 0. The van der Waals surface area contributed by atoms with E-state index in [0.29, 0.717) is 6.54 Å². The number of carbonyl (C=O) groups is 1. The Bertz CT molecular complexity index is 434. The molecule has 18 heavy (non-hydrogen) atoms. The van der Waals surface area contributed by atoms with Crippen LogP contribution in [0.15, 0.2) is 28.7 Å². The number of rotatable bonds is 2. The lowest BCUT2D eigenvalue weighted by Crippen LogP contribution is -2.62. The van der Waals surface area contributed by atoms with E-state index in [2.05, 4.69) is 22.9 Å². The Morgan fingerprint density at radius 1 is 1.39 bits per heavy atom. The summed E-state index contributed by atoms with van der Waals surface area (Å²) in [5.74, 6) is 0.0843. The summed E-state index contributed by atoms with van der Waals surface area (Å²) in [5.41, 5.74) is 6.63. The highest BCUT2D eigenvalue weighted by Crippen LogP contribution is 2.25. The molecule has 5 heteroatoms. The van der Waals surface area contributed by atoms with Gasteiger partial charge in [-0.05, 0) is 38.2 Å². The molecule has 2 unspecified atom stereocenters. The van der Waals surface area contributed by atoms with Crippen molar-refractivity contribution in [2.45, 2.75) is 19.0 Å². The average Bonchev–Trinajstić information content (AvgIpc) is 2.31.